The quantitative estimate of drug-likeness (QED) is 0.401. The first-order valence-electron chi connectivity index (χ1n) is 10.4. The van der Waals surface area contributed by atoms with Crippen molar-refractivity contribution in [1.82, 2.24) is 9.97 Å². The van der Waals surface area contributed by atoms with E-state index in [9.17, 15) is 0 Å². The zero-order valence-corrected chi connectivity index (χ0v) is 17.2. The number of pyridine rings is 2. The fraction of sp³-hybridized carbons (Fsp3) is 0.231. The lowest BCUT2D eigenvalue weighted by Crippen LogP contribution is -1.99. The number of fused-ring (bicyclic) bond motifs is 1. The molecule has 3 heteroatoms. The Bertz CT molecular complexity index is 1080. The lowest BCUT2D eigenvalue weighted by atomic mass is 10.0. The molecule has 0 aliphatic heterocycles. The van der Waals surface area contributed by atoms with E-state index in [1.807, 2.05) is 19.3 Å². The number of aryl methyl sites for hydroxylation is 4. The molecule has 29 heavy (non-hydrogen) atoms. The van der Waals surface area contributed by atoms with Crippen LogP contribution in [0.4, 0.5) is 11.5 Å². The summed E-state index contributed by atoms with van der Waals surface area (Å²) in [6, 6.07) is 21.4. The SMILES string of the molecule is CCCc1ccc(Nc2ncc(CCc3ccc(C)nc3)c3ccccc23)cc1. The molecule has 0 saturated heterocycles. The van der Waals surface area contributed by atoms with Gasteiger partial charge in [0.15, 0.2) is 0 Å². The van der Waals surface area contributed by atoms with Gasteiger partial charge in [0.1, 0.15) is 5.82 Å². The standard InChI is InChI=1S/C26H27N3/c1-3-6-20-12-15-23(16-13-20)29-26-25-8-5-4-7-24(25)22(18-28-26)14-11-21-10-9-19(2)27-17-21/h4-5,7-10,12-13,15-18H,3,6,11,14H2,1-2H3,(H,28,29). The molecule has 0 amide bonds. The van der Waals surface area contributed by atoms with Gasteiger partial charge in [-0.1, -0.05) is 55.8 Å². The minimum absolute atomic E-state index is 0.907. The Morgan fingerprint density at radius 1 is 0.724 bits per heavy atom. The normalized spacial score (nSPS) is 11.0. The molecule has 0 fully saturated rings. The first-order valence-corrected chi connectivity index (χ1v) is 10.4. The van der Waals surface area contributed by atoms with Gasteiger partial charge in [-0.15, -0.1) is 0 Å². The van der Waals surface area contributed by atoms with E-state index in [0.29, 0.717) is 0 Å². The minimum atomic E-state index is 0.907. The molecule has 3 nitrogen and oxygen atoms in total. The maximum atomic E-state index is 4.76. The molecule has 0 aliphatic carbocycles. The van der Waals surface area contributed by atoms with Crippen LogP contribution in [0.25, 0.3) is 10.8 Å². The number of rotatable bonds is 7. The molecule has 0 spiro atoms. The van der Waals surface area contributed by atoms with Crippen molar-refractivity contribution < 1.29 is 0 Å². The van der Waals surface area contributed by atoms with Crippen LogP contribution in [0.2, 0.25) is 0 Å². The smallest absolute Gasteiger partial charge is 0.138 e. The van der Waals surface area contributed by atoms with Gasteiger partial charge in [-0.3, -0.25) is 4.98 Å². The highest BCUT2D eigenvalue weighted by Crippen LogP contribution is 2.28. The summed E-state index contributed by atoms with van der Waals surface area (Å²) in [5.74, 6) is 0.907. The summed E-state index contributed by atoms with van der Waals surface area (Å²) in [5.41, 5.74) is 6.02. The van der Waals surface area contributed by atoms with Gasteiger partial charge in [0.05, 0.1) is 0 Å². The highest BCUT2D eigenvalue weighted by molar-refractivity contribution is 5.95. The summed E-state index contributed by atoms with van der Waals surface area (Å²) in [7, 11) is 0. The molecule has 0 bridgehead atoms. The maximum Gasteiger partial charge on any atom is 0.138 e. The van der Waals surface area contributed by atoms with Crippen molar-refractivity contribution in [2.75, 3.05) is 5.32 Å². The molecule has 0 unspecified atom stereocenters. The van der Waals surface area contributed by atoms with Crippen LogP contribution in [-0.2, 0) is 19.3 Å². The van der Waals surface area contributed by atoms with Crippen LogP contribution >= 0.6 is 0 Å². The summed E-state index contributed by atoms with van der Waals surface area (Å²) in [4.78, 5) is 9.17. The Hall–Kier alpha value is -3.20. The summed E-state index contributed by atoms with van der Waals surface area (Å²) in [6.07, 6.45) is 8.18. The van der Waals surface area contributed by atoms with Gasteiger partial charge < -0.3 is 5.32 Å². The number of hydrogen-bond donors (Lipinski definition) is 1. The van der Waals surface area contributed by atoms with Crippen LogP contribution in [0.15, 0.2) is 73.1 Å². The fourth-order valence-corrected chi connectivity index (χ4v) is 3.66. The van der Waals surface area contributed by atoms with Crippen LogP contribution < -0.4 is 5.32 Å². The van der Waals surface area contributed by atoms with E-state index in [1.54, 1.807) is 0 Å². The Kier molecular flexibility index (Phi) is 5.85. The number of nitrogens with one attached hydrogen (secondary N) is 1. The third kappa shape index (κ3) is 4.62. The number of aromatic nitrogens is 2. The number of anilines is 2. The van der Waals surface area contributed by atoms with Gasteiger partial charge in [0.2, 0.25) is 0 Å². The van der Waals surface area contributed by atoms with Crippen molar-refractivity contribution in [1.29, 1.82) is 0 Å². The average molecular weight is 382 g/mol. The molecular weight excluding hydrogens is 354 g/mol. The number of hydrogen-bond acceptors (Lipinski definition) is 3. The monoisotopic (exact) mass is 381 g/mol. The molecule has 0 atom stereocenters. The van der Waals surface area contributed by atoms with E-state index in [2.05, 4.69) is 77.9 Å². The second-order valence-corrected chi connectivity index (χ2v) is 7.56. The Morgan fingerprint density at radius 3 is 2.21 bits per heavy atom. The van der Waals surface area contributed by atoms with E-state index in [0.717, 1.165) is 41.8 Å². The highest BCUT2D eigenvalue weighted by atomic mass is 15.0. The summed E-state index contributed by atoms with van der Waals surface area (Å²) >= 11 is 0. The van der Waals surface area contributed by atoms with Crippen molar-refractivity contribution in [2.45, 2.75) is 39.5 Å². The van der Waals surface area contributed by atoms with Crippen LogP contribution in [0, 0.1) is 6.92 Å². The number of benzene rings is 2. The van der Waals surface area contributed by atoms with Crippen molar-refractivity contribution >= 4 is 22.3 Å². The molecule has 4 aromatic rings. The fourth-order valence-electron chi connectivity index (χ4n) is 3.66. The Morgan fingerprint density at radius 2 is 1.48 bits per heavy atom. The topological polar surface area (TPSA) is 37.8 Å². The van der Waals surface area contributed by atoms with E-state index in [-0.39, 0.29) is 0 Å². The van der Waals surface area contributed by atoms with Crippen LogP contribution in [-0.4, -0.2) is 9.97 Å². The molecular formula is C26H27N3. The second kappa shape index (κ2) is 8.87. The predicted molar refractivity (Wildman–Crippen MR) is 122 cm³/mol. The van der Waals surface area contributed by atoms with Gasteiger partial charge in [0.25, 0.3) is 0 Å². The molecule has 4 rings (SSSR count). The molecule has 1 N–H and O–H groups in total. The molecule has 0 saturated carbocycles. The third-order valence-corrected chi connectivity index (χ3v) is 5.29. The zero-order valence-electron chi connectivity index (χ0n) is 17.2. The van der Waals surface area contributed by atoms with Gasteiger partial charge in [-0.05, 0) is 66.5 Å². The largest absolute Gasteiger partial charge is 0.340 e. The van der Waals surface area contributed by atoms with Crippen molar-refractivity contribution in [2.24, 2.45) is 0 Å². The molecule has 2 aromatic carbocycles. The molecule has 0 radical (unpaired) electrons. The first kappa shape index (κ1) is 19.1. The van der Waals surface area contributed by atoms with Crippen LogP contribution in [0.3, 0.4) is 0 Å². The second-order valence-electron chi connectivity index (χ2n) is 7.56. The highest BCUT2D eigenvalue weighted by Gasteiger charge is 2.08. The average Bonchev–Trinajstić information content (AvgIpc) is 2.76. The van der Waals surface area contributed by atoms with E-state index >= 15 is 0 Å². The summed E-state index contributed by atoms with van der Waals surface area (Å²) in [5, 5.41) is 5.92. The minimum Gasteiger partial charge on any atom is -0.340 e. The lowest BCUT2D eigenvalue weighted by Gasteiger charge is -2.13. The Labute approximate surface area is 172 Å². The summed E-state index contributed by atoms with van der Waals surface area (Å²) in [6.45, 7) is 4.23. The maximum absolute atomic E-state index is 4.76. The van der Waals surface area contributed by atoms with E-state index in [4.69, 9.17) is 4.98 Å². The van der Waals surface area contributed by atoms with E-state index in [1.165, 1.54) is 28.5 Å². The van der Waals surface area contributed by atoms with Crippen molar-refractivity contribution in [3.63, 3.8) is 0 Å². The molecule has 146 valence electrons. The van der Waals surface area contributed by atoms with Crippen LogP contribution in [0.1, 0.15) is 35.7 Å². The van der Waals surface area contributed by atoms with Crippen LogP contribution in [0.5, 0.6) is 0 Å². The van der Waals surface area contributed by atoms with Gasteiger partial charge >= 0.3 is 0 Å². The molecule has 2 heterocycles. The van der Waals surface area contributed by atoms with E-state index < -0.39 is 0 Å². The third-order valence-electron chi connectivity index (χ3n) is 5.29. The first-order chi connectivity index (χ1) is 14.2. The van der Waals surface area contributed by atoms with Crippen molar-refractivity contribution in [3.8, 4) is 0 Å². The predicted octanol–water partition coefficient (Wildman–Crippen LogP) is 6.42. The van der Waals surface area contributed by atoms with Gasteiger partial charge in [-0.25, -0.2) is 4.98 Å². The Balaban J connectivity index is 1.57. The molecule has 0 aliphatic rings. The van der Waals surface area contributed by atoms with Gasteiger partial charge in [0, 0.05) is 29.2 Å². The van der Waals surface area contributed by atoms with Gasteiger partial charge in [-0.2, -0.15) is 0 Å². The van der Waals surface area contributed by atoms with Crippen molar-refractivity contribution in [3.05, 3.63) is 95.4 Å². The number of nitrogens with zero attached hydrogens (tertiary/aromatic N) is 2. The molecule has 2 aromatic heterocycles. The summed E-state index contributed by atoms with van der Waals surface area (Å²) < 4.78 is 0. The lowest BCUT2D eigenvalue weighted by molar-refractivity contribution is 0.922. The zero-order chi connectivity index (χ0) is 20.1.